The Morgan fingerprint density at radius 3 is 2.48 bits per heavy atom. The van der Waals surface area contributed by atoms with E-state index in [1.807, 2.05) is 27.7 Å². The first kappa shape index (κ1) is 17.1. The van der Waals surface area contributed by atoms with Crippen molar-refractivity contribution in [3.05, 3.63) is 29.6 Å². The summed E-state index contributed by atoms with van der Waals surface area (Å²) >= 11 is 0. The number of halogens is 1. The van der Waals surface area contributed by atoms with Crippen LogP contribution in [0.25, 0.3) is 0 Å². The summed E-state index contributed by atoms with van der Waals surface area (Å²) in [5, 5.41) is 5.21. The molecule has 2 N–H and O–H groups in total. The Hall–Kier alpha value is -1.91. The van der Waals surface area contributed by atoms with Gasteiger partial charge in [-0.2, -0.15) is 0 Å². The molecule has 0 bridgehead atoms. The standard InChI is InChI=1S/C14H17FN2O2.C2H6/c1-8(2)10-4-3-9(7-11(10)15)16-12-5-6-13(18)17-14(12)19;1-2/h3-4,7-8,12,16H,5-6H2,1-2H3,(H,17,18,19);1-2H3. The molecule has 1 fully saturated rings. The van der Waals surface area contributed by atoms with Gasteiger partial charge in [0.25, 0.3) is 0 Å². The molecule has 1 saturated heterocycles. The average molecular weight is 294 g/mol. The Morgan fingerprint density at radius 2 is 1.95 bits per heavy atom. The van der Waals surface area contributed by atoms with Crippen molar-refractivity contribution in [2.24, 2.45) is 0 Å². The molecular weight excluding hydrogens is 271 g/mol. The van der Waals surface area contributed by atoms with Crippen LogP contribution in [0.1, 0.15) is 52.0 Å². The van der Waals surface area contributed by atoms with E-state index in [0.717, 1.165) is 0 Å². The Bertz CT molecular complexity index is 515. The highest BCUT2D eigenvalue weighted by atomic mass is 19.1. The maximum absolute atomic E-state index is 13.8. The molecule has 21 heavy (non-hydrogen) atoms. The molecule has 1 atom stereocenters. The molecule has 0 radical (unpaired) electrons. The molecule has 1 unspecified atom stereocenters. The van der Waals surface area contributed by atoms with Crippen molar-refractivity contribution < 1.29 is 14.0 Å². The van der Waals surface area contributed by atoms with Crippen molar-refractivity contribution in [3.8, 4) is 0 Å². The molecule has 0 spiro atoms. The molecule has 0 saturated carbocycles. The lowest BCUT2D eigenvalue weighted by molar-refractivity contribution is -0.133. The number of anilines is 1. The van der Waals surface area contributed by atoms with Gasteiger partial charge in [-0.3, -0.25) is 14.9 Å². The van der Waals surface area contributed by atoms with E-state index >= 15 is 0 Å². The van der Waals surface area contributed by atoms with Gasteiger partial charge in [-0.25, -0.2) is 4.39 Å². The highest BCUT2D eigenvalue weighted by Gasteiger charge is 2.26. The Balaban J connectivity index is 0.00000106. The van der Waals surface area contributed by atoms with Crippen LogP contribution in [-0.4, -0.2) is 17.9 Å². The van der Waals surface area contributed by atoms with Crippen molar-refractivity contribution in [3.63, 3.8) is 0 Å². The smallest absolute Gasteiger partial charge is 0.249 e. The molecule has 1 aromatic rings. The normalized spacial score (nSPS) is 17.9. The molecule has 0 aliphatic carbocycles. The first-order valence-electron chi connectivity index (χ1n) is 7.37. The highest BCUT2D eigenvalue weighted by molar-refractivity contribution is 6.01. The molecule has 1 aliphatic heterocycles. The topological polar surface area (TPSA) is 58.2 Å². The zero-order valence-corrected chi connectivity index (χ0v) is 13.0. The predicted octanol–water partition coefficient (Wildman–Crippen LogP) is 3.19. The Labute approximate surface area is 125 Å². The van der Waals surface area contributed by atoms with E-state index in [2.05, 4.69) is 10.6 Å². The summed E-state index contributed by atoms with van der Waals surface area (Å²) in [6.45, 7) is 7.84. The van der Waals surface area contributed by atoms with Crippen LogP contribution in [0, 0.1) is 5.82 Å². The molecule has 1 aromatic carbocycles. The summed E-state index contributed by atoms with van der Waals surface area (Å²) in [5.74, 6) is -0.786. The van der Waals surface area contributed by atoms with Gasteiger partial charge in [0.05, 0.1) is 0 Å². The first-order valence-corrected chi connectivity index (χ1v) is 7.37. The zero-order valence-electron chi connectivity index (χ0n) is 13.0. The van der Waals surface area contributed by atoms with E-state index in [9.17, 15) is 14.0 Å². The summed E-state index contributed by atoms with van der Waals surface area (Å²) in [6, 6.07) is 4.37. The Kier molecular flexibility index (Phi) is 6.34. The number of hydrogen-bond acceptors (Lipinski definition) is 3. The minimum absolute atomic E-state index is 0.115. The summed E-state index contributed by atoms with van der Waals surface area (Å²) in [4.78, 5) is 22.6. The van der Waals surface area contributed by atoms with Gasteiger partial charge < -0.3 is 5.32 Å². The van der Waals surface area contributed by atoms with Crippen molar-refractivity contribution in [1.29, 1.82) is 0 Å². The largest absolute Gasteiger partial charge is 0.374 e. The van der Waals surface area contributed by atoms with E-state index in [1.54, 1.807) is 12.1 Å². The third-order valence-electron chi connectivity index (χ3n) is 3.20. The average Bonchev–Trinajstić information content (AvgIpc) is 2.44. The third kappa shape index (κ3) is 4.55. The van der Waals surface area contributed by atoms with Gasteiger partial charge >= 0.3 is 0 Å². The van der Waals surface area contributed by atoms with Gasteiger partial charge in [-0.15, -0.1) is 0 Å². The van der Waals surface area contributed by atoms with Gasteiger partial charge in [-0.05, 0) is 30.0 Å². The maximum Gasteiger partial charge on any atom is 0.249 e. The lowest BCUT2D eigenvalue weighted by Crippen LogP contribution is -2.47. The molecule has 0 aromatic heterocycles. The van der Waals surface area contributed by atoms with Gasteiger partial charge in [0.2, 0.25) is 11.8 Å². The Morgan fingerprint density at radius 1 is 1.29 bits per heavy atom. The van der Waals surface area contributed by atoms with Gasteiger partial charge in [0.15, 0.2) is 0 Å². The number of hydrogen-bond donors (Lipinski definition) is 2. The second-order valence-electron chi connectivity index (χ2n) is 5.04. The van der Waals surface area contributed by atoms with Gasteiger partial charge in [-0.1, -0.05) is 33.8 Å². The van der Waals surface area contributed by atoms with E-state index in [0.29, 0.717) is 24.1 Å². The molecule has 2 amide bonds. The number of piperidine rings is 1. The van der Waals surface area contributed by atoms with Crippen molar-refractivity contribution >= 4 is 17.5 Å². The summed E-state index contributed by atoms with van der Waals surface area (Å²) in [5.41, 5.74) is 1.20. The van der Waals surface area contributed by atoms with E-state index in [4.69, 9.17) is 0 Å². The molecule has 2 rings (SSSR count). The van der Waals surface area contributed by atoms with Crippen molar-refractivity contribution in [2.75, 3.05) is 5.32 Å². The van der Waals surface area contributed by atoms with Crippen LogP contribution in [-0.2, 0) is 9.59 Å². The fourth-order valence-corrected chi connectivity index (χ4v) is 2.12. The van der Waals surface area contributed by atoms with Crippen LogP contribution in [0.3, 0.4) is 0 Å². The van der Waals surface area contributed by atoms with Crippen LogP contribution in [0.5, 0.6) is 0 Å². The minimum Gasteiger partial charge on any atom is -0.374 e. The van der Waals surface area contributed by atoms with E-state index < -0.39 is 6.04 Å². The summed E-state index contributed by atoms with van der Waals surface area (Å²) in [6.07, 6.45) is 0.730. The van der Waals surface area contributed by atoms with Crippen LogP contribution in [0.15, 0.2) is 18.2 Å². The molecular formula is C16H23FN2O2. The van der Waals surface area contributed by atoms with E-state index in [1.165, 1.54) is 6.07 Å². The number of benzene rings is 1. The molecule has 1 aliphatic rings. The fourth-order valence-electron chi connectivity index (χ4n) is 2.12. The predicted molar refractivity (Wildman–Crippen MR) is 81.6 cm³/mol. The third-order valence-corrected chi connectivity index (χ3v) is 3.20. The number of rotatable bonds is 3. The summed E-state index contributed by atoms with van der Waals surface area (Å²) < 4.78 is 13.8. The van der Waals surface area contributed by atoms with Gasteiger partial charge in [0, 0.05) is 12.1 Å². The SMILES string of the molecule is CC.CC(C)c1ccc(NC2CCC(=O)NC2=O)cc1F. The van der Waals surface area contributed by atoms with Gasteiger partial charge in [0.1, 0.15) is 11.9 Å². The van der Waals surface area contributed by atoms with Crippen LogP contribution < -0.4 is 10.6 Å². The van der Waals surface area contributed by atoms with Crippen LogP contribution in [0.4, 0.5) is 10.1 Å². The second-order valence-corrected chi connectivity index (χ2v) is 5.04. The first-order chi connectivity index (χ1) is 9.97. The number of imide groups is 1. The molecule has 4 nitrogen and oxygen atoms in total. The second kappa shape index (κ2) is 7.76. The number of carbonyl (C=O) groups excluding carboxylic acids is 2. The molecule has 1 heterocycles. The maximum atomic E-state index is 13.8. The zero-order chi connectivity index (χ0) is 16.0. The molecule has 5 heteroatoms. The number of amides is 2. The molecule has 116 valence electrons. The minimum atomic E-state index is -0.484. The lowest BCUT2D eigenvalue weighted by Gasteiger charge is -2.23. The van der Waals surface area contributed by atoms with Crippen molar-refractivity contribution in [2.45, 2.75) is 52.5 Å². The quantitative estimate of drug-likeness (QED) is 0.842. The van der Waals surface area contributed by atoms with E-state index in [-0.39, 0.29) is 23.5 Å². The fraction of sp³-hybridized carbons (Fsp3) is 0.500. The van der Waals surface area contributed by atoms with Crippen LogP contribution >= 0.6 is 0 Å². The lowest BCUT2D eigenvalue weighted by atomic mass is 10.0. The van der Waals surface area contributed by atoms with Crippen LogP contribution in [0.2, 0.25) is 0 Å². The summed E-state index contributed by atoms with van der Waals surface area (Å²) in [7, 11) is 0. The number of nitrogens with one attached hydrogen (secondary N) is 2. The van der Waals surface area contributed by atoms with Crippen molar-refractivity contribution in [1.82, 2.24) is 5.32 Å². The monoisotopic (exact) mass is 294 g/mol. The number of carbonyl (C=O) groups is 2. The highest BCUT2D eigenvalue weighted by Crippen LogP contribution is 2.22.